The van der Waals surface area contributed by atoms with Crippen LogP contribution >= 0.6 is 0 Å². The third kappa shape index (κ3) is 8.91. The summed E-state index contributed by atoms with van der Waals surface area (Å²) in [7, 11) is 0. The van der Waals surface area contributed by atoms with Crippen molar-refractivity contribution in [2.45, 2.75) is 57.8 Å². The minimum absolute atomic E-state index is 0.00131. The Labute approximate surface area is 237 Å². The van der Waals surface area contributed by atoms with E-state index in [-0.39, 0.29) is 17.6 Å². The highest BCUT2D eigenvalue weighted by molar-refractivity contribution is 6.28. The Balaban J connectivity index is 0.997. The van der Waals surface area contributed by atoms with Gasteiger partial charge in [0.1, 0.15) is 5.75 Å². The lowest BCUT2D eigenvalue weighted by Gasteiger charge is -2.14. The van der Waals surface area contributed by atoms with Gasteiger partial charge in [0.2, 0.25) is 0 Å². The van der Waals surface area contributed by atoms with Crippen molar-refractivity contribution in [3.05, 3.63) is 114 Å². The van der Waals surface area contributed by atoms with Crippen LogP contribution in [0.25, 0.3) is 6.08 Å². The second-order valence-corrected chi connectivity index (χ2v) is 10.1. The molecule has 0 aliphatic carbocycles. The Morgan fingerprint density at radius 3 is 1.93 bits per heavy atom. The van der Waals surface area contributed by atoms with E-state index in [1.54, 1.807) is 6.08 Å². The van der Waals surface area contributed by atoms with Crippen LogP contribution in [0, 0.1) is 0 Å². The first-order chi connectivity index (χ1) is 19.6. The molecule has 0 spiro atoms. The van der Waals surface area contributed by atoms with Gasteiger partial charge in [-0.05, 0) is 60.7 Å². The Kier molecular flexibility index (Phi) is 11.0. The zero-order chi connectivity index (χ0) is 28.0. The van der Waals surface area contributed by atoms with Crippen LogP contribution in [0.15, 0.2) is 97.1 Å². The number of hydrogen-bond acceptors (Lipinski definition) is 4. The number of carbonyl (C=O) groups is 3. The molecule has 4 rings (SSSR count). The van der Waals surface area contributed by atoms with E-state index in [4.69, 9.17) is 4.74 Å². The molecule has 0 N–H and O–H groups in total. The van der Waals surface area contributed by atoms with Gasteiger partial charge in [-0.25, -0.2) is 4.90 Å². The molecule has 1 aliphatic rings. The molecule has 40 heavy (non-hydrogen) atoms. The lowest BCUT2D eigenvalue weighted by atomic mass is 10.0. The Morgan fingerprint density at radius 1 is 0.675 bits per heavy atom. The number of allylic oxidation sites excluding steroid dienone is 1. The predicted octanol–water partition coefficient (Wildman–Crippen LogP) is 7.75. The number of hydrogen-bond donors (Lipinski definition) is 0. The van der Waals surface area contributed by atoms with Gasteiger partial charge >= 0.3 is 0 Å². The van der Waals surface area contributed by atoms with Crippen molar-refractivity contribution >= 4 is 29.4 Å². The minimum atomic E-state index is -0.279. The van der Waals surface area contributed by atoms with Crippen LogP contribution in [-0.4, -0.2) is 24.2 Å². The molecule has 1 aliphatic heterocycles. The monoisotopic (exact) mass is 535 g/mol. The topological polar surface area (TPSA) is 63.7 Å². The van der Waals surface area contributed by atoms with E-state index in [0.29, 0.717) is 11.3 Å². The summed E-state index contributed by atoms with van der Waals surface area (Å²) < 4.78 is 5.87. The van der Waals surface area contributed by atoms with Gasteiger partial charge in [0, 0.05) is 17.7 Å². The molecule has 5 heteroatoms. The van der Waals surface area contributed by atoms with Crippen LogP contribution in [-0.2, 0) is 16.0 Å². The van der Waals surface area contributed by atoms with E-state index in [1.165, 1.54) is 61.1 Å². The molecule has 206 valence electrons. The van der Waals surface area contributed by atoms with Crippen molar-refractivity contribution in [1.82, 2.24) is 0 Å². The molecule has 0 saturated carbocycles. The summed E-state index contributed by atoms with van der Waals surface area (Å²) >= 11 is 0. The summed E-state index contributed by atoms with van der Waals surface area (Å²) in [5.41, 5.74) is 3.53. The molecular formula is C35H37NO4. The average Bonchev–Trinajstić information content (AvgIpc) is 3.33. The fourth-order valence-corrected chi connectivity index (χ4v) is 4.69. The molecule has 5 nitrogen and oxygen atoms in total. The van der Waals surface area contributed by atoms with Gasteiger partial charge in [0.25, 0.3) is 11.8 Å². The molecule has 3 aromatic carbocycles. The molecular weight excluding hydrogens is 498 g/mol. The van der Waals surface area contributed by atoms with Crippen molar-refractivity contribution in [3.63, 3.8) is 0 Å². The number of nitrogens with zero attached hydrogens (tertiary/aromatic N) is 1. The lowest BCUT2D eigenvalue weighted by molar-refractivity contribution is -0.119. The number of ether oxygens (including phenoxy) is 1. The lowest BCUT2D eigenvalue weighted by Crippen LogP contribution is -2.29. The van der Waals surface area contributed by atoms with Crippen molar-refractivity contribution in [1.29, 1.82) is 0 Å². The number of unbranched alkanes of at least 4 members (excludes halogenated alkanes) is 7. The Hall–Kier alpha value is -4.25. The molecule has 0 bridgehead atoms. The highest BCUT2D eigenvalue weighted by Crippen LogP contribution is 2.21. The van der Waals surface area contributed by atoms with Crippen LogP contribution in [0.3, 0.4) is 0 Å². The van der Waals surface area contributed by atoms with Gasteiger partial charge in [0.05, 0.1) is 12.3 Å². The predicted molar refractivity (Wildman–Crippen MR) is 160 cm³/mol. The quantitative estimate of drug-likeness (QED) is 0.0814. The smallest absolute Gasteiger partial charge is 0.258 e. The molecule has 0 aromatic heterocycles. The Morgan fingerprint density at radius 2 is 1.27 bits per heavy atom. The fraction of sp³-hybridized carbons (Fsp3) is 0.286. The zero-order valence-electron chi connectivity index (χ0n) is 23.0. The SMILES string of the molecule is O=C(/C=C/c1ccc(OCCCCCCCCCCc2ccc(N3C(=O)C=CC3=O)cc2)cc1)c1ccccc1. The number of carbonyl (C=O) groups excluding carboxylic acids is 3. The van der Waals surface area contributed by atoms with Crippen LogP contribution in [0.1, 0.15) is 72.9 Å². The van der Waals surface area contributed by atoms with Crippen LogP contribution in [0.2, 0.25) is 0 Å². The third-order valence-electron chi connectivity index (χ3n) is 7.00. The molecule has 0 atom stereocenters. The highest BCUT2D eigenvalue weighted by atomic mass is 16.5. The van der Waals surface area contributed by atoms with Crippen molar-refractivity contribution in [2.75, 3.05) is 11.5 Å². The van der Waals surface area contributed by atoms with E-state index in [1.807, 2.05) is 84.9 Å². The van der Waals surface area contributed by atoms with Crippen molar-refractivity contribution in [3.8, 4) is 5.75 Å². The molecule has 0 radical (unpaired) electrons. The number of aryl methyl sites for hydroxylation is 1. The van der Waals surface area contributed by atoms with Gasteiger partial charge in [0.15, 0.2) is 5.78 Å². The van der Waals surface area contributed by atoms with Crippen LogP contribution in [0.4, 0.5) is 5.69 Å². The van der Waals surface area contributed by atoms with Gasteiger partial charge in [-0.3, -0.25) is 14.4 Å². The number of anilines is 1. The average molecular weight is 536 g/mol. The molecule has 1 heterocycles. The van der Waals surface area contributed by atoms with E-state index in [0.717, 1.165) is 37.2 Å². The number of imide groups is 1. The summed E-state index contributed by atoms with van der Waals surface area (Å²) in [5.74, 6) is 0.299. The van der Waals surface area contributed by atoms with Gasteiger partial charge < -0.3 is 4.74 Å². The standard InChI is InChI=1S/C35H37NO4/c37-33(30-13-9-7-10-14-30)24-19-29-17-22-32(23-18-29)40-27-11-6-4-2-1-3-5-8-12-28-15-20-31(21-16-28)36-34(38)25-26-35(36)39/h7,9-10,13-26H,1-6,8,11-12,27H2/b24-19+. The van der Waals surface area contributed by atoms with E-state index in [2.05, 4.69) is 0 Å². The van der Waals surface area contributed by atoms with Gasteiger partial charge in [-0.1, -0.05) is 99.2 Å². The summed E-state index contributed by atoms with van der Waals surface area (Å²) in [6.45, 7) is 0.719. The highest BCUT2D eigenvalue weighted by Gasteiger charge is 2.24. The second-order valence-electron chi connectivity index (χ2n) is 10.1. The van der Waals surface area contributed by atoms with Crippen molar-refractivity contribution in [2.24, 2.45) is 0 Å². The number of ketones is 1. The van der Waals surface area contributed by atoms with E-state index in [9.17, 15) is 14.4 Å². The third-order valence-corrected chi connectivity index (χ3v) is 7.00. The first-order valence-electron chi connectivity index (χ1n) is 14.3. The molecule has 2 amide bonds. The summed E-state index contributed by atoms with van der Waals surface area (Å²) in [6, 6.07) is 24.8. The summed E-state index contributed by atoms with van der Waals surface area (Å²) in [6.07, 6.45) is 16.6. The van der Waals surface area contributed by atoms with E-state index < -0.39 is 0 Å². The normalized spacial score (nSPS) is 12.9. The number of benzene rings is 3. The first kappa shape index (κ1) is 28.8. The maximum absolute atomic E-state index is 12.2. The number of rotatable bonds is 16. The van der Waals surface area contributed by atoms with Crippen LogP contribution < -0.4 is 9.64 Å². The molecule has 0 unspecified atom stereocenters. The van der Waals surface area contributed by atoms with E-state index >= 15 is 0 Å². The van der Waals surface area contributed by atoms with Crippen LogP contribution in [0.5, 0.6) is 5.75 Å². The second kappa shape index (κ2) is 15.4. The molecule has 3 aromatic rings. The Bertz CT molecular complexity index is 1290. The largest absolute Gasteiger partial charge is 0.494 e. The molecule has 0 fully saturated rings. The number of amides is 2. The maximum atomic E-state index is 12.2. The zero-order valence-corrected chi connectivity index (χ0v) is 23.0. The summed E-state index contributed by atoms with van der Waals surface area (Å²) in [4.78, 5) is 36.9. The fourth-order valence-electron chi connectivity index (χ4n) is 4.69. The van der Waals surface area contributed by atoms with Gasteiger partial charge in [-0.2, -0.15) is 0 Å². The maximum Gasteiger partial charge on any atom is 0.258 e. The van der Waals surface area contributed by atoms with Crippen molar-refractivity contribution < 1.29 is 19.1 Å². The molecule has 0 saturated heterocycles. The van der Waals surface area contributed by atoms with Gasteiger partial charge in [-0.15, -0.1) is 0 Å². The first-order valence-corrected chi connectivity index (χ1v) is 14.3. The summed E-state index contributed by atoms with van der Waals surface area (Å²) in [5, 5.41) is 0. The minimum Gasteiger partial charge on any atom is -0.494 e.